The predicted octanol–water partition coefficient (Wildman–Crippen LogP) is 1.64. The smallest absolute Gasteiger partial charge is 0.123 e. The number of nitrogens with zero attached hydrogens (tertiary/aromatic N) is 1. The third kappa shape index (κ3) is 2.26. The minimum Gasteiger partial charge on any atom is -0.381 e. The molecule has 0 bridgehead atoms. The Morgan fingerprint density at radius 3 is 3.29 bits per heavy atom. The molecular formula is C10H17N3O. The minimum atomic E-state index is 0.441. The van der Waals surface area contributed by atoms with Crippen LogP contribution in [0.5, 0.6) is 0 Å². The van der Waals surface area contributed by atoms with Crippen LogP contribution in [-0.4, -0.2) is 29.2 Å². The van der Waals surface area contributed by atoms with Crippen LogP contribution in [-0.2, 0) is 4.74 Å². The van der Waals surface area contributed by atoms with Gasteiger partial charge in [-0.3, -0.25) is 0 Å². The quantitative estimate of drug-likeness (QED) is 0.770. The molecule has 78 valence electrons. The molecule has 2 heterocycles. The molecule has 4 heteroatoms. The summed E-state index contributed by atoms with van der Waals surface area (Å²) < 4.78 is 5.46. The molecular weight excluding hydrogens is 178 g/mol. The van der Waals surface area contributed by atoms with Crippen molar-refractivity contribution in [2.24, 2.45) is 5.92 Å². The van der Waals surface area contributed by atoms with Gasteiger partial charge in [-0.15, -0.1) is 0 Å². The molecule has 2 N–H and O–H groups in total. The number of imidazole rings is 1. The summed E-state index contributed by atoms with van der Waals surface area (Å²) in [5.74, 6) is 1.61. The van der Waals surface area contributed by atoms with Crippen LogP contribution in [0.25, 0.3) is 0 Å². The van der Waals surface area contributed by atoms with Crippen LogP contribution < -0.4 is 5.32 Å². The molecule has 1 aromatic rings. The first-order chi connectivity index (χ1) is 6.86. The van der Waals surface area contributed by atoms with E-state index in [9.17, 15) is 0 Å². The zero-order valence-electron chi connectivity index (χ0n) is 8.49. The van der Waals surface area contributed by atoms with E-state index < -0.39 is 0 Å². The van der Waals surface area contributed by atoms with Gasteiger partial charge in [0.15, 0.2) is 0 Å². The van der Waals surface area contributed by atoms with E-state index in [4.69, 9.17) is 4.74 Å². The molecule has 2 rings (SSSR count). The molecule has 1 aliphatic heterocycles. The second kappa shape index (κ2) is 4.46. The average molecular weight is 195 g/mol. The largest absolute Gasteiger partial charge is 0.381 e. The highest BCUT2D eigenvalue weighted by Gasteiger charge is 2.20. The molecule has 2 unspecified atom stereocenters. The van der Waals surface area contributed by atoms with Crippen LogP contribution in [0.4, 0.5) is 5.82 Å². The number of ether oxygens (including phenoxy) is 1. The molecule has 0 saturated carbocycles. The van der Waals surface area contributed by atoms with Crippen LogP contribution in [0.2, 0.25) is 0 Å². The minimum absolute atomic E-state index is 0.441. The molecule has 2 atom stereocenters. The number of hydrogen-bond acceptors (Lipinski definition) is 3. The van der Waals surface area contributed by atoms with E-state index in [1.165, 1.54) is 12.8 Å². The van der Waals surface area contributed by atoms with E-state index in [2.05, 4.69) is 22.2 Å². The lowest BCUT2D eigenvalue weighted by molar-refractivity contribution is 0.0496. The molecule has 0 amide bonds. The zero-order valence-corrected chi connectivity index (χ0v) is 8.49. The number of aromatic amines is 1. The highest BCUT2D eigenvalue weighted by atomic mass is 16.5. The van der Waals surface area contributed by atoms with Crippen molar-refractivity contribution in [2.45, 2.75) is 25.8 Å². The lowest BCUT2D eigenvalue weighted by atomic mass is 9.95. The van der Waals surface area contributed by atoms with Crippen LogP contribution in [0, 0.1) is 5.92 Å². The summed E-state index contributed by atoms with van der Waals surface area (Å²) in [6.07, 6.45) is 5.93. The maximum absolute atomic E-state index is 5.46. The Hall–Kier alpha value is -1.03. The van der Waals surface area contributed by atoms with Crippen molar-refractivity contribution in [3.8, 4) is 0 Å². The van der Waals surface area contributed by atoms with E-state index in [0.29, 0.717) is 12.0 Å². The third-order valence-electron chi connectivity index (χ3n) is 2.78. The number of aromatic nitrogens is 2. The van der Waals surface area contributed by atoms with Gasteiger partial charge in [-0.1, -0.05) is 0 Å². The van der Waals surface area contributed by atoms with Crippen molar-refractivity contribution in [3.05, 3.63) is 12.5 Å². The predicted molar refractivity (Wildman–Crippen MR) is 55.2 cm³/mol. The van der Waals surface area contributed by atoms with E-state index in [0.717, 1.165) is 19.0 Å². The Bertz CT molecular complexity index is 254. The summed E-state index contributed by atoms with van der Waals surface area (Å²) in [5, 5.41) is 3.39. The fourth-order valence-corrected chi connectivity index (χ4v) is 1.86. The summed E-state index contributed by atoms with van der Waals surface area (Å²) in [4.78, 5) is 7.02. The molecule has 1 saturated heterocycles. The summed E-state index contributed by atoms with van der Waals surface area (Å²) >= 11 is 0. The first-order valence-corrected chi connectivity index (χ1v) is 5.19. The molecule has 0 aromatic carbocycles. The lowest BCUT2D eigenvalue weighted by Gasteiger charge is -2.28. The van der Waals surface area contributed by atoms with Gasteiger partial charge in [-0.25, -0.2) is 4.98 Å². The van der Waals surface area contributed by atoms with Gasteiger partial charge in [-0.05, 0) is 19.8 Å². The Morgan fingerprint density at radius 1 is 1.71 bits per heavy atom. The van der Waals surface area contributed by atoms with Crippen molar-refractivity contribution in [2.75, 3.05) is 18.5 Å². The summed E-state index contributed by atoms with van der Waals surface area (Å²) in [6.45, 7) is 4.00. The highest BCUT2D eigenvalue weighted by Crippen LogP contribution is 2.19. The molecule has 14 heavy (non-hydrogen) atoms. The molecule has 0 spiro atoms. The molecule has 1 aliphatic rings. The molecule has 4 nitrogen and oxygen atoms in total. The number of hydrogen-bond donors (Lipinski definition) is 2. The number of nitrogens with one attached hydrogen (secondary N) is 2. The average Bonchev–Trinajstić information content (AvgIpc) is 2.72. The lowest BCUT2D eigenvalue weighted by Crippen LogP contribution is -2.32. The SMILES string of the molecule is CC(Nc1cnc[nH]1)C1CCCOC1. The Morgan fingerprint density at radius 2 is 2.64 bits per heavy atom. The van der Waals surface area contributed by atoms with Gasteiger partial charge in [0.05, 0.1) is 19.1 Å². The number of rotatable bonds is 3. The van der Waals surface area contributed by atoms with Crippen molar-refractivity contribution in [1.29, 1.82) is 0 Å². The van der Waals surface area contributed by atoms with Crippen molar-refractivity contribution in [1.82, 2.24) is 9.97 Å². The zero-order chi connectivity index (χ0) is 9.80. The highest BCUT2D eigenvalue weighted by molar-refractivity contribution is 5.31. The van der Waals surface area contributed by atoms with Gasteiger partial charge in [0, 0.05) is 18.6 Å². The van der Waals surface area contributed by atoms with Gasteiger partial charge >= 0.3 is 0 Å². The van der Waals surface area contributed by atoms with Crippen molar-refractivity contribution in [3.63, 3.8) is 0 Å². The van der Waals surface area contributed by atoms with Gasteiger partial charge in [0.25, 0.3) is 0 Å². The standard InChI is InChI=1S/C10H17N3O/c1-8(9-3-2-4-14-6-9)13-10-5-11-7-12-10/h5,7-9,13H,2-4,6H2,1H3,(H,11,12). The Kier molecular flexibility index (Phi) is 3.03. The first-order valence-electron chi connectivity index (χ1n) is 5.19. The Balaban J connectivity index is 1.85. The van der Waals surface area contributed by atoms with Gasteiger partial charge in [0.1, 0.15) is 5.82 Å². The van der Waals surface area contributed by atoms with E-state index >= 15 is 0 Å². The molecule has 1 fully saturated rings. The summed E-state index contributed by atoms with van der Waals surface area (Å²) in [7, 11) is 0. The fraction of sp³-hybridized carbons (Fsp3) is 0.700. The van der Waals surface area contributed by atoms with E-state index in [-0.39, 0.29) is 0 Å². The molecule has 0 radical (unpaired) electrons. The van der Waals surface area contributed by atoms with Crippen LogP contribution >= 0.6 is 0 Å². The first kappa shape index (κ1) is 9.52. The fourth-order valence-electron chi connectivity index (χ4n) is 1.86. The number of anilines is 1. The maximum Gasteiger partial charge on any atom is 0.123 e. The second-order valence-corrected chi connectivity index (χ2v) is 3.88. The summed E-state index contributed by atoms with van der Waals surface area (Å²) in [5.41, 5.74) is 0. The second-order valence-electron chi connectivity index (χ2n) is 3.88. The molecule has 0 aliphatic carbocycles. The van der Waals surface area contributed by atoms with Crippen molar-refractivity contribution < 1.29 is 4.74 Å². The topological polar surface area (TPSA) is 49.9 Å². The van der Waals surface area contributed by atoms with E-state index in [1.54, 1.807) is 12.5 Å². The van der Waals surface area contributed by atoms with Crippen molar-refractivity contribution >= 4 is 5.82 Å². The molecule has 1 aromatic heterocycles. The summed E-state index contributed by atoms with van der Waals surface area (Å²) in [6, 6.07) is 0.441. The van der Waals surface area contributed by atoms with Crippen LogP contribution in [0.1, 0.15) is 19.8 Å². The van der Waals surface area contributed by atoms with Gasteiger partial charge < -0.3 is 15.0 Å². The maximum atomic E-state index is 5.46. The van der Waals surface area contributed by atoms with Gasteiger partial charge in [0.2, 0.25) is 0 Å². The normalized spacial score (nSPS) is 24.5. The van der Waals surface area contributed by atoms with Crippen LogP contribution in [0.15, 0.2) is 12.5 Å². The Labute approximate surface area is 84.1 Å². The van der Waals surface area contributed by atoms with E-state index in [1.807, 2.05) is 0 Å². The third-order valence-corrected chi connectivity index (χ3v) is 2.78. The number of H-pyrrole nitrogens is 1. The van der Waals surface area contributed by atoms with Gasteiger partial charge in [-0.2, -0.15) is 0 Å². The monoisotopic (exact) mass is 195 g/mol. The van der Waals surface area contributed by atoms with Crippen LogP contribution in [0.3, 0.4) is 0 Å².